The van der Waals surface area contributed by atoms with E-state index >= 15 is 0 Å². The van der Waals surface area contributed by atoms with Crippen LogP contribution in [0.25, 0.3) is 0 Å². The molecule has 2 aromatic rings. The zero-order chi connectivity index (χ0) is 15.2. The smallest absolute Gasteiger partial charge is 0.253 e. The number of carbonyl (C=O) groups is 1. The van der Waals surface area contributed by atoms with Gasteiger partial charge in [0.1, 0.15) is 0 Å². The molecule has 0 N–H and O–H groups in total. The Morgan fingerprint density at radius 2 is 1.95 bits per heavy atom. The molecule has 0 saturated carbocycles. The Bertz CT molecular complexity index is 628. The predicted octanol–water partition coefficient (Wildman–Crippen LogP) is 3.76. The predicted molar refractivity (Wildman–Crippen MR) is 84.4 cm³/mol. The molecule has 21 heavy (non-hydrogen) atoms. The summed E-state index contributed by atoms with van der Waals surface area (Å²) in [5, 5.41) is 0.672. The summed E-state index contributed by atoms with van der Waals surface area (Å²) in [4.78, 5) is 14.1. The van der Waals surface area contributed by atoms with Gasteiger partial charge in [0.2, 0.25) is 0 Å². The third-order valence-corrected chi connectivity index (χ3v) is 3.57. The number of hydrogen-bond donors (Lipinski definition) is 0. The topological polar surface area (TPSA) is 29.5 Å². The molecule has 0 saturated heterocycles. The molecule has 0 aromatic heterocycles. The van der Waals surface area contributed by atoms with Crippen molar-refractivity contribution in [3.63, 3.8) is 0 Å². The lowest BCUT2D eigenvalue weighted by molar-refractivity contribution is 0.0785. The van der Waals surface area contributed by atoms with Crippen molar-refractivity contribution in [2.24, 2.45) is 0 Å². The third-order valence-electron chi connectivity index (χ3n) is 3.20. The summed E-state index contributed by atoms with van der Waals surface area (Å²) in [6.07, 6.45) is 0. The van der Waals surface area contributed by atoms with E-state index in [1.807, 2.05) is 48.5 Å². The van der Waals surface area contributed by atoms with E-state index in [1.165, 1.54) is 0 Å². The minimum atomic E-state index is -0.0344. The summed E-state index contributed by atoms with van der Waals surface area (Å²) >= 11 is 6.13. The van der Waals surface area contributed by atoms with E-state index in [4.69, 9.17) is 16.3 Å². The van der Waals surface area contributed by atoms with Crippen LogP contribution in [-0.4, -0.2) is 25.0 Å². The molecular formula is C17H18ClNO2. The Hall–Kier alpha value is -1.84. The fourth-order valence-electron chi connectivity index (χ4n) is 2.14. The van der Waals surface area contributed by atoms with Crippen LogP contribution in [0.3, 0.4) is 0 Å². The summed E-state index contributed by atoms with van der Waals surface area (Å²) < 4.78 is 5.09. The van der Waals surface area contributed by atoms with Gasteiger partial charge in [-0.2, -0.15) is 0 Å². The van der Waals surface area contributed by atoms with Crippen LogP contribution in [0.1, 0.15) is 21.5 Å². The molecule has 0 radical (unpaired) electrons. The first-order valence-electron chi connectivity index (χ1n) is 6.68. The quantitative estimate of drug-likeness (QED) is 0.841. The zero-order valence-electron chi connectivity index (χ0n) is 12.2. The number of carbonyl (C=O) groups excluding carboxylic acids is 1. The second-order valence-electron chi connectivity index (χ2n) is 4.89. The fourth-order valence-corrected chi connectivity index (χ4v) is 2.33. The van der Waals surface area contributed by atoms with E-state index in [9.17, 15) is 4.79 Å². The molecule has 0 aliphatic rings. The second-order valence-corrected chi connectivity index (χ2v) is 5.29. The van der Waals surface area contributed by atoms with Crippen LogP contribution in [0.15, 0.2) is 48.5 Å². The first-order valence-corrected chi connectivity index (χ1v) is 7.06. The van der Waals surface area contributed by atoms with E-state index in [1.54, 1.807) is 19.1 Å². The van der Waals surface area contributed by atoms with Gasteiger partial charge in [-0.3, -0.25) is 4.79 Å². The van der Waals surface area contributed by atoms with Crippen molar-refractivity contribution in [2.45, 2.75) is 13.2 Å². The van der Waals surface area contributed by atoms with Crippen LogP contribution in [0.2, 0.25) is 5.02 Å². The number of rotatable bonds is 5. The first kappa shape index (κ1) is 15.5. The number of amides is 1. The van der Waals surface area contributed by atoms with Crippen molar-refractivity contribution in [3.8, 4) is 0 Å². The van der Waals surface area contributed by atoms with Crippen LogP contribution >= 0.6 is 11.6 Å². The molecule has 2 rings (SSSR count). The summed E-state index contributed by atoms with van der Waals surface area (Å²) in [5.41, 5.74) is 2.57. The Morgan fingerprint density at radius 3 is 2.67 bits per heavy atom. The fraction of sp³-hybridized carbons (Fsp3) is 0.235. The number of ether oxygens (including phenoxy) is 1. The average molecular weight is 304 g/mol. The normalized spacial score (nSPS) is 10.4. The van der Waals surface area contributed by atoms with Gasteiger partial charge in [-0.1, -0.05) is 41.9 Å². The SMILES string of the molecule is COCc1cccc(C(=O)N(C)Cc2ccccc2Cl)c1. The standard InChI is InChI=1S/C17H18ClNO2/c1-19(11-15-7-3-4-9-16(15)18)17(20)14-8-5-6-13(10-14)12-21-2/h3-10H,11-12H2,1-2H3. The van der Waals surface area contributed by atoms with Crippen molar-refractivity contribution in [2.75, 3.05) is 14.2 Å². The molecule has 2 aromatic carbocycles. The highest BCUT2D eigenvalue weighted by Gasteiger charge is 2.13. The minimum absolute atomic E-state index is 0.0344. The van der Waals surface area contributed by atoms with Crippen molar-refractivity contribution < 1.29 is 9.53 Å². The maximum absolute atomic E-state index is 12.5. The molecule has 0 heterocycles. The monoisotopic (exact) mass is 303 g/mol. The number of nitrogens with zero attached hydrogens (tertiary/aromatic N) is 1. The van der Waals surface area contributed by atoms with Gasteiger partial charge in [-0.15, -0.1) is 0 Å². The highest BCUT2D eigenvalue weighted by molar-refractivity contribution is 6.31. The molecular weight excluding hydrogens is 286 g/mol. The Balaban J connectivity index is 2.12. The van der Waals surface area contributed by atoms with E-state index in [0.29, 0.717) is 23.7 Å². The summed E-state index contributed by atoms with van der Waals surface area (Å²) in [5.74, 6) is -0.0344. The minimum Gasteiger partial charge on any atom is -0.380 e. The first-order chi connectivity index (χ1) is 10.1. The number of hydrogen-bond acceptors (Lipinski definition) is 2. The van der Waals surface area contributed by atoms with Crippen LogP contribution in [0, 0.1) is 0 Å². The van der Waals surface area contributed by atoms with Gasteiger partial charge in [0.25, 0.3) is 5.91 Å². The molecule has 0 fully saturated rings. The van der Waals surface area contributed by atoms with Gasteiger partial charge in [-0.05, 0) is 29.3 Å². The molecule has 1 amide bonds. The largest absolute Gasteiger partial charge is 0.380 e. The van der Waals surface area contributed by atoms with E-state index in [2.05, 4.69) is 0 Å². The molecule has 3 nitrogen and oxygen atoms in total. The van der Waals surface area contributed by atoms with Gasteiger partial charge >= 0.3 is 0 Å². The van der Waals surface area contributed by atoms with Gasteiger partial charge in [-0.25, -0.2) is 0 Å². The molecule has 0 spiro atoms. The number of benzene rings is 2. The van der Waals surface area contributed by atoms with Crippen LogP contribution in [-0.2, 0) is 17.9 Å². The van der Waals surface area contributed by atoms with Crippen LogP contribution in [0.5, 0.6) is 0 Å². The molecule has 110 valence electrons. The van der Waals surface area contributed by atoms with Crippen LogP contribution < -0.4 is 0 Å². The van der Waals surface area contributed by atoms with Crippen molar-refractivity contribution in [3.05, 3.63) is 70.2 Å². The Labute approximate surface area is 130 Å². The van der Waals surface area contributed by atoms with E-state index in [0.717, 1.165) is 11.1 Å². The van der Waals surface area contributed by atoms with Crippen molar-refractivity contribution in [1.29, 1.82) is 0 Å². The summed E-state index contributed by atoms with van der Waals surface area (Å²) in [7, 11) is 3.41. The van der Waals surface area contributed by atoms with Gasteiger partial charge in [0.15, 0.2) is 0 Å². The van der Waals surface area contributed by atoms with Crippen molar-refractivity contribution in [1.82, 2.24) is 4.90 Å². The van der Waals surface area contributed by atoms with E-state index in [-0.39, 0.29) is 5.91 Å². The number of halogens is 1. The lowest BCUT2D eigenvalue weighted by Gasteiger charge is -2.18. The van der Waals surface area contributed by atoms with Crippen molar-refractivity contribution >= 4 is 17.5 Å². The van der Waals surface area contributed by atoms with Gasteiger partial charge in [0.05, 0.1) is 6.61 Å². The maximum atomic E-state index is 12.5. The lowest BCUT2D eigenvalue weighted by atomic mass is 10.1. The highest BCUT2D eigenvalue weighted by Crippen LogP contribution is 2.18. The van der Waals surface area contributed by atoms with Crippen LogP contribution in [0.4, 0.5) is 0 Å². The maximum Gasteiger partial charge on any atom is 0.253 e. The van der Waals surface area contributed by atoms with E-state index < -0.39 is 0 Å². The molecule has 0 aliphatic carbocycles. The molecule has 0 atom stereocenters. The van der Waals surface area contributed by atoms with Gasteiger partial charge < -0.3 is 9.64 Å². The zero-order valence-corrected chi connectivity index (χ0v) is 12.9. The molecule has 0 bridgehead atoms. The third kappa shape index (κ3) is 4.06. The van der Waals surface area contributed by atoms with Gasteiger partial charge in [0, 0.05) is 31.3 Å². The number of methoxy groups -OCH3 is 1. The molecule has 0 aliphatic heterocycles. The molecule has 0 unspecified atom stereocenters. The second kappa shape index (κ2) is 7.25. The average Bonchev–Trinajstić information content (AvgIpc) is 2.49. The summed E-state index contributed by atoms with van der Waals surface area (Å²) in [6, 6.07) is 15.0. The Morgan fingerprint density at radius 1 is 1.19 bits per heavy atom. The summed E-state index contributed by atoms with van der Waals surface area (Å²) in [6.45, 7) is 0.975. The Kier molecular flexibility index (Phi) is 5.37. The highest BCUT2D eigenvalue weighted by atomic mass is 35.5. The molecule has 4 heteroatoms. The lowest BCUT2D eigenvalue weighted by Crippen LogP contribution is -2.26.